The van der Waals surface area contributed by atoms with E-state index in [0.717, 1.165) is 32.4 Å². The van der Waals surface area contributed by atoms with E-state index in [0.29, 0.717) is 36.0 Å². The summed E-state index contributed by atoms with van der Waals surface area (Å²) < 4.78 is 34.8. The van der Waals surface area contributed by atoms with E-state index in [1.54, 1.807) is 27.2 Å². The molecule has 7 nitrogen and oxygen atoms in total. The molecule has 0 bridgehead atoms. The molecule has 1 aromatic carbocycles. The molecule has 27 heavy (non-hydrogen) atoms. The van der Waals surface area contributed by atoms with E-state index in [4.69, 9.17) is 16.6 Å². The number of nitrogens with zero attached hydrogens (tertiary/aromatic N) is 3. The minimum absolute atomic E-state index is 0.280. The van der Waals surface area contributed by atoms with E-state index in [1.807, 2.05) is 6.07 Å². The fraction of sp³-hybridized carbons (Fsp3) is 0.556. The van der Waals surface area contributed by atoms with E-state index in [-0.39, 0.29) is 4.90 Å². The molecule has 1 N–H and O–H groups in total. The van der Waals surface area contributed by atoms with Gasteiger partial charge in [-0.15, -0.1) is 5.10 Å². The summed E-state index contributed by atoms with van der Waals surface area (Å²) in [7, 11) is -3.49. The molecule has 2 aromatic rings. The van der Waals surface area contributed by atoms with Gasteiger partial charge in [-0.1, -0.05) is 12.5 Å². The van der Waals surface area contributed by atoms with Crippen LogP contribution in [-0.2, 0) is 16.7 Å². The van der Waals surface area contributed by atoms with Gasteiger partial charge in [0, 0.05) is 31.5 Å². The van der Waals surface area contributed by atoms with Crippen molar-refractivity contribution < 1.29 is 17.7 Å². The Morgan fingerprint density at radius 2 is 1.85 bits per heavy atom. The van der Waals surface area contributed by atoms with Gasteiger partial charge in [-0.05, 0) is 43.3 Å². The van der Waals surface area contributed by atoms with Crippen LogP contribution >= 0.6 is 12.2 Å². The standard InChI is InChI=1S/C18H24N4O3S2/c23-27(24,21-11-2-1-3-12-21)16-8-6-7-15(13-16)17-19-22(18(26)25-17)14-20-9-4-5-10-20/h6-8,13H,1-5,9-12,14H2/p+1. The maximum Gasteiger partial charge on any atom is 0.292 e. The summed E-state index contributed by atoms with van der Waals surface area (Å²) in [5, 5.41) is 4.50. The van der Waals surface area contributed by atoms with Crippen LogP contribution in [0.2, 0.25) is 0 Å². The second kappa shape index (κ2) is 7.83. The van der Waals surface area contributed by atoms with Crippen molar-refractivity contribution in [3.05, 3.63) is 29.1 Å². The van der Waals surface area contributed by atoms with E-state index in [9.17, 15) is 8.42 Å². The molecule has 0 atom stereocenters. The molecule has 4 rings (SSSR count). The fourth-order valence-electron chi connectivity index (χ4n) is 3.81. The number of aromatic nitrogens is 2. The summed E-state index contributed by atoms with van der Waals surface area (Å²) in [4.78, 5) is 2.05. The maximum atomic E-state index is 12.9. The number of nitrogens with one attached hydrogen (secondary N) is 1. The van der Waals surface area contributed by atoms with Crippen LogP contribution in [0.5, 0.6) is 0 Å². The van der Waals surface area contributed by atoms with Crippen LogP contribution in [0, 0.1) is 4.84 Å². The van der Waals surface area contributed by atoms with Crippen molar-refractivity contribution in [1.29, 1.82) is 0 Å². The molecule has 2 aliphatic rings. The monoisotopic (exact) mass is 409 g/mol. The van der Waals surface area contributed by atoms with Gasteiger partial charge < -0.3 is 9.32 Å². The molecule has 2 aliphatic heterocycles. The number of likely N-dealkylation sites (tertiary alicyclic amines) is 1. The van der Waals surface area contributed by atoms with Gasteiger partial charge in [-0.3, -0.25) is 0 Å². The molecule has 2 saturated heterocycles. The highest BCUT2D eigenvalue weighted by atomic mass is 32.2. The number of hydrogen-bond donors (Lipinski definition) is 1. The lowest BCUT2D eigenvalue weighted by Crippen LogP contribution is -3.09. The minimum atomic E-state index is -3.49. The first kappa shape index (κ1) is 18.8. The molecule has 0 spiro atoms. The zero-order valence-corrected chi connectivity index (χ0v) is 16.9. The zero-order chi connectivity index (χ0) is 18.9. The van der Waals surface area contributed by atoms with Crippen LogP contribution in [0.3, 0.4) is 0 Å². The van der Waals surface area contributed by atoms with Crippen molar-refractivity contribution in [3.8, 4) is 11.5 Å². The van der Waals surface area contributed by atoms with Crippen molar-refractivity contribution in [3.63, 3.8) is 0 Å². The number of quaternary nitrogens is 1. The SMILES string of the molecule is O=S(=O)(c1cccc(-c2nn(C[NH+]3CCCC3)c(=S)o2)c1)N1CCCCC1. The number of benzene rings is 1. The average molecular weight is 410 g/mol. The Balaban J connectivity index is 1.60. The van der Waals surface area contributed by atoms with Crippen molar-refractivity contribution in [2.45, 2.75) is 43.7 Å². The molecule has 3 heterocycles. The second-order valence-corrected chi connectivity index (χ2v) is 9.57. The van der Waals surface area contributed by atoms with Crippen LogP contribution in [0.25, 0.3) is 11.5 Å². The molecule has 2 fully saturated rings. The van der Waals surface area contributed by atoms with Crippen LogP contribution in [0.1, 0.15) is 32.1 Å². The lowest BCUT2D eigenvalue weighted by molar-refractivity contribution is -0.911. The van der Waals surface area contributed by atoms with Gasteiger partial charge in [0.05, 0.1) is 18.0 Å². The van der Waals surface area contributed by atoms with Gasteiger partial charge in [0.25, 0.3) is 4.84 Å². The zero-order valence-electron chi connectivity index (χ0n) is 15.3. The Kier molecular flexibility index (Phi) is 5.45. The summed E-state index contributed by atoms with van der Waals surface area (Å²) >= 11 is 5.31. The van der Waals surface area contributed by atoms with Crippen LogP contribution in [0.4, 0.5) is 0 Å². The Hall–Kier alpha value is -1.55. The molecule has 146 valence electrons. The summed E-state index contributed by atoms with van der Waals surface area (Å²) in [6, 6.07) is 6.81. The highest BCUT2D eigenvalue weighted by molar-refractivity contribution is 7.89. The quantitative estimate of drug-likeness (QED) is 0.761. The molecule has 0 radical (unpaired) electrons. The molecule has 1 aromatic heterocycles. The summed E-state index contributed by atoms with van der Waals surface area (Å²) in [6.07, 6.45) is 5.37. The minimum Gasteiger partial charge on any atom is -0.409 e. The molecule has 0 unspecified atom stereocenters. The lowest BCUT2D eigenvalue weighted by Gasteiger charge is -2.25. The van der Waals surface area contributed by atoms with Crippen molar-refractivity contribution in [2.24, 2.45) is 0 Å². The van der Waals surface area contributed by atoms with Gasteiger partial charge in [0.2, 0.25) is 15.9 Å². The first-order chi connectivity index (χ1) is 13.0. The van der Waals surface area contributed by atoms with Crippen LogP contribution in [-0.4, -0.2) is 48.7 Å². The number of sulfonamides is 1. The second-order valence-electron chi connectivity index (χ2n) is 7.28. The van der Waals surface area contributed by atoms with Gasteiger partial charge >= 0.3 is 0 Å². The molecule has 0 aliphatic carbocycles. The fourth-order valence-corrected chi connectivity index (χ4v) is 5.56. The number of piperidine rings is 1. The number of hydrogen-bond acceptors (Lipinski definition) is 5. The third kappa shape index (κ3) is 4.01. The van der Waals surface area contributed by atoms with E-state index >= 15 is 0 Å². The third-order valence-corrected chi connectivity index (χ3v) is 7.51. The Bertz CT molecular complexity index is 955. The van der Waals surface area contributed by atoms with Gasteiger partial charge in [0.1, 0.15) is 0 Å². The van der Waals surface area contributed by atoms with Gasteiger partial charge in [0.15, 0.2) is 6.67 Å². The summed E-state index contributed by atoms with van der Waals surface area (Å²) in [5.41, 5.74) is 0.634. The first-order valence-corrected chi connectivity index (χ1v) is 11.4. The largest absolute Gasteiger partial charge is 0.409 e. The topological polar surface area (TPSA) is 72.8 Å². The molecular weight excluding hydrogens is 384 g/mol. The highest BCUT2D eigenvalue weighted by Crippen LogP contribution is 2.25. The Labute approximate surface area is 164 Å². The summed E-state index contributed by atoms with van der Waals surface area (Å²) in [6.45, 7) is 4.09. The normalized spacial score (nSPS) is 19.6. The molecular formula is C18H25N4O3S2+. The number of rotatable bonds is 5. The summed E-state index contributed by atoms with van der Waals surface area (Å²) in [5.74, 6) is 0.370. The van der Waals surface area contributed by atoms with Gasteiger partial charge in [-0.25, -0.2) is 8.42 Å². The van der Waals surface area contributed by atoms with Crippen LogP contribution < -0.4 is 4.90 Å². The molecule has 9 heteroatoms. The van der Waals surface area contributed by atoms with E-state index < -0.39 is 10.0 Å². The van der Waals surface area contributed by atoms with Crippen molar-refractivity contribution in [1.82, 2.24) is 14.1 Å². The van der Waals surface area contributed by atoms with E-state index in [1.165, 1.54) is 17.7 Å². The predicted octanol–water partition coefficient (Wildman–Crippen LogP) is 1.68. The predicted molar refractivity (Wildman–Crippen MR) is 103 cm³/mol. The first-order valence-electron chi connectivity index (χ1n) is 9.56. The molecule has 0 saturated carbocycles. The average Bonchev–Trinajstić information content (AvgIpc) is 3.33. The van der Waals surface area contributed by atoms with Crippen molar-refractivity contribution in [2.75, 3.05) is 26.2 Å². The van der Waals surface area contributed by atoms with Crippen LogP contribution in [0.15, 0.2) is 33.6 Å². The van der Waals surface area contributed by atoms with Crippen molar-refractivity contribution >= 4 is 22.2 Å². The van der Waals surface area contributed by atoms with Gasteiger partial charge in [-0.2, -0.15) is 8.99 Å². The maximum absolute atomic E-state index is 12.9. The highest BCUT2D eigenvalue weighted by Gasteiger charge is 2.26. The Morgan fingerprint density at radius 3 is 2.59 bits per heavy atom. The van der Waals surface area contributed by atoms with E-state index in [2.05, 4.69) is 5.10 Å². The Morgan fingerprint density at radius 1 is 1.11 bits per heavy atom. The lowest BCUT2D eigenvalue weighted by atomic mass is 10.2. The third-order valence-electron chi connectivity index (χ3n) is 5.32. The smallest absolute Gasteiger partial charge is 0.292 e. The molecule has 0 amide bonds.